The van der Waals surface area contributed by atoms with E-state index in [1.54, 1.807) is 6.33 Å². The van der Waals surface area contributed by atoms with Gasteiger partial charge in [0.25, 0.3) is 0 Å². The molecule has 4 rings (SSSR count). The highest BCUT2D eigenvalue weighted by Crippen LogP contribution is 2.35. The van der Waals surface area contributed by atoms with Crippen molar-refractivity contribution in [2.45, 2.75) is 56.7 Å². The highest BCUT2D eigenvalue weighted by molar-refractivity contribution is 5.43. The van der Waals surface area contributed by atoms with E-state index < -0.39 is 5.60 Å². The van der Waals surface area contributed by atoms with Gasteiger partial charge in [-0.3, -0.25) is 0 Å². The molecule has 1 unspecified atom stereocenters. The molecular formula is C18H28N4O2. The van der Waals surface area contributed by atoms with Crippen molar-refractivity contribution in [3.63, 3.8) is 0 Å². The van der Waals surface area contributed by atoms with Gasteiger partial charge in [-0.2, -0.15) is 0 Å². The average molecular weight is 332 g/mol. The van der Waals surface area contributed by atoms with Crippen LogP contribution < -0.4 is 4.90 Å². The molecule has 1 aromatic rings. The SMILES string of the molecule is Cc1cc(N(C2CC2)C2CCN(CC3(O)CCOC3)CC2)ncn1. The zero-order chi connectivity index (χ0) is 16.6. The van der Waals surface area contributed by atoms with Crippen LogP contribution in [-0.4, -0.2) is 70.5 Å². The van der Waals surface area contributed by atoms with E-state index in [1.807, 2.05) is 6.92 Å². The highest BCUT2D eigenvalue weighted by atomic mass is 16.5. The van der Waals surface area contributed by atoms with Gasteiger partial charge in [-0.15, -0.1) is 0 Å². The molecule has 1 atom stereocenters. The van der Waals surface area contributed by atoms with E-state index in [1.165, 1.54) is 12.8 Å². The molecule has 0 amide bonds. The summed E-state index contributed by atoms with van der Waals surface area (Å²) in [5.74, 6) is 1.09. The van der Waals surface area contributed by atoms with Crippen LogP contribution >= 0.6 is 0 Å². The highest BCUT2D eigenvalue weighted by Gasteiger charge is 2.39. The molecule has 1 aromatic heterocycles. The van der Waals surface area contributed by atoms with Crippen molar-refractivity contribution in [3.8, 4) is 0 Å². The maximum atomic E-state index is 10.5. The van der Waals surface area contributed by atoms with Crippen molar-refractivity contribution in [1.29, 1.82) is 0 Å². The first-order valence-corrected chi connectivity index (χ1v) is 9.22. The van der Waals surface area contributed by atoms with Crippen molar-refractivity contribution in [2.24, 2.45) is 0 Å². The van der Waals surface area contributed by atoms with Gasteiger partial charge in [0.2, 0.25) is 0 Å². The predicted octanol–water partition coefficient (Wildman–Crippen LogP) is 1.37. The van der Waals surface area contributed by atoms with Crippen LogP contribution in [0.3, 0.4) is 0 Å². The van der Waals surface area contributed by atoms with Crippen LogP contribution in [0.5, 0.6) is 0 Å². The van der Waals surface area contributed by atoms with Gasteiger partial charge in [0.1, 0.15) is 17.7 Å². The lowest BCUT2D eigenvalue weighted by molar-refractivity contribution is -0.00971. The van der Waals surface area contributed by atoms with Crippen molar-refractivity contribution < 1.29 is 9.84 Å². The van der Waals surface area contributed by atoms with Crippen molar-refractivity contribution in [1.82, 2.24) is 14.9 Å². The minimum absolute atomic E-state index is 0.487. The van der Waals surface area contributed by atoms with E-state index in [0.29, 0.717) is 25.3 Å². The van der Waals surface area contributed by atoms with E-state index in [2.05, 4.69) is 25.8 Å². The average Bonchev–Trinajstić information content (AvgIpc) is 3.30. The van der Waals surface area contributed by atoms with Gasteiger partial charge in [-0.1, -0.05) is 0 Å². The molecule has 0 aromatic carbocycles. The Morgan fingerprint density at radius 1 is 1.25 bits per heavy atom. The first-order valence-electron chi connectivity index (χ1n) is 9.22. The third-order valence-corrected chi connectivity index (χ3v) is 5.55. The second-order valence-corrected chi connectivity index (χ2v) is 7.69. The number of likely N-dealkylation sites (tertiary alicyclic amines) is 1. The van der Waals surface area contributed by atoms with E-state index >= 15 is 0 Å². The molecule has 24 heavy (non-hydrogen) atoms. The number of β-amino-alcohol motifs (C(OH)–C–C–N with tert-alkyl or cyclic N) is 1. The number of aryl methyl sites for hydroxylation is 1. The van der Waals surface area contributed by atoms with Gasteiger partial charge in [0.05, 0.1) is 6.61 Å². The molecule has 2 aliphatic heterocycles. The quantitative estimate of drug-likeness (QED) is 0.879. The Labute approximate surface area is 143 Å². The topological polar surface area (TPSA) is 61.7 Å². The second kappa shape index (κ2) is 6.58. The first kappa shape index (κ1) is 16.2. The molecule has 6 heteroatoms. The standard InChI is InChI=1S/C18H28N4O2/c1-14-10-17(20-13-19-14)22(15-2-3-15)16-4-7-21(8-5-16)11-18(23)6-9-24-12-18/h10,13,15-16,23H,2-9,11-12H2,1H3. The molecule has 3 aliphatic rings. The lowest BCUT2D eigenvalue weighted by Gasteiger charge is -2.41. The second-order valence-electron chi connectivity index (χ2n) is 7.69. The van der Waals surface area contributed by atoms with Crippen LogP contribution in [0.15, 0.2) is 12.4 Å². The van der Waals surface area contributed by atoms with E-state index in [9.17, 15) is 5.11 Å². The number of aromatic nitrogens is 2. The van der Waals surface area contributed by atoms with Crippen LogP contribution in [0.1, 0.15) is 37.8 Å². The zero-order valence-corrected chi connectivity index (χ0v) is 14.5. The molecule has 0 radical (unpaired) electrons. The Morgan fingerprint density at radius 3 is 2.62 bits per heavy atom. The summed E-state index contributed by atoms with van der Waals surface area (Å²) in [6.45, 7) is 6.04. The van der Waals surface area contributed by atoms with Crippen molar-refractivity contribution >= 4 is 5.82 Å². The minimum atomic E-state index is -0.632. The molecule has 1 N–H and O–H groups in total. The number of nitrogens with zero attached hydrogens (tertiary/aromatic N) is 4. The zero-order valence-electron chi connectivity index (χ0n) is 14.5. The number of piperidine rings is 1. The largest absolute Gasteiger partial charge is 0.386 e. The summed E-state index contributed by atoms with van der Waals surface area (Å²) in [5, 5.41) is 10.5. The molecule has 0 bridgehead atoms. The van der Waals surface area contributed by atoms with Gasteiger partial charge < -0.3 is 19.6 Å². The molecule has 2 saturated heterocycles. The number of hydrogen-bond donors (Lipinski definition) is 1. The summed E-state index contributed by atoms with van der Waals surface area (Å²) in [5.41, 5.74) is 0.402. The Bertz CT molecular complexity index is 564. The number of anilines is 1. The summed E-state index contributed by atoms with van der Waals surface area (Å²) < 4.78 is 5.37. The lowest BCUT2D eigenvalue weighted by Crippen LogP contribution is -2.51. The van der Waals surface area contributed by atoms with Gasteiger partial charge in [-0.25, -0.2) is 9.97 Å². The summed E-state index contributed by atoms with van der Waals surface area (Å²) in [7, 11) is 0. The minimum Gasteiger partial charge on any atom is -0.386 e. The van der Waals surface area contributed by atoms with Crippen LogP contribution in [-0.2, 0) is 4.74 Å². The maximum Gasteiger partial charge on any atom is 0.132 e. The molecule has 3 heterocycles. The normalized spacial score (nSPS) is 29.1. The number of rotatable bonds is 5. The fourth-order valence-corrected chi connectivity index (χ4v) is 4.10. The van der Waals surface area contributed by atoms with Crippen LogP contribution in [0.25, 0.3) is 0 Å². The van der Waals surface area contributed by atoms with Gasteiger partial charge >= 0.3 is 0 Å². The first-order chi connectivity index (χ1) is 11.6. The summed E-state index contributed by atoms with van der Waals surface area (Å²) in [6.07, 6.45) is 7.28. The van der Waals surface area contributed by atoms with E-state index in [4.69, 9.17) is 4.74 Å². The Kier molecular flexibility index (Phi) is 4.45. The van der Waals surface area contributed by atoms with Crippen LogP contribution in [0.2, 0.25) is 0 Å². The Morgan fingerprint density at radius 2 is 2.00 bits per heavy atom. The van der Waals surface area contributed by atoms with Gasteiger partial charge in [0, 0.05) is 56.5 Å². The molecule has 0 spiro atoms. The van der Waals surface area contributed by atoms with Crippen LogP contribution in [0, 0.1) is 6.92 Å². The van der Waals surface area contributed by atoms with E-state index in [-0.39, 0.29) is 0 Å². The smallest absolute Gasteiger partial charge is 0.132 e. The third kappa shape index (κ3) is 3.55. The molecule has 6 nitrogen and oxygen atoms in total. The molecule has 1 saturated carbocycles. The van der Waals surface area contributed by atoms with Crippen LogP contribution in [0.4, 0.5) is 5.82 Å². The Hall–Kier alpha value is -1.24. The number of aliphatic hydroxyl groups is 1. The fourth-order valence-electron chi connectivity index (χ4n) is 4.10. The number of hydrogen-bond acceptors (Lipinski definition) is 6. The molecular weight excluding hydrogens is 304 g/mol. The molecule has 3 fully saturated rings. The summed E-state index contributed by atoms with van der Waals surface area (Å²) in [6, 6.07) is 3.32. The van der Waals surface area contributed by atoms with Gasteiger partial charge in [0.15, 0.2) is 0 Å². The monoisotopic (exact) mass is 332 g/mol. The van der Waals surface area contributed by atoms with E-state index in [0.717, 1.165) is 50.4 Å². The lowest BCUT2D eigenvalue weighted by atomic mass is 9.98. The fraction of sp³-hybridized carbons (Fsp3) is 0.778. The maximum absolute atomic E-state index is 10.5. The molecule has 1 aliphatic carbocycles. The van der Waals surface area contributed by atoms with Gasteiger partial charge in [-0.05, 0) is 32.6 Å². The number of ether oxygens (including phenoxy) is 1. The predicted molar refractivity (Wildman–Crippen MR) is 92.1 cm³/mol. The summed E-state index contributed by atoms with van der Waals surface area (Å²) >= 11 is 0. The van der Waals surface area contributed by atoms with Crippen molar-refractivity contribution in [2.75, 3.05) is 37.7 Å². The summed E-state index contributed by atoms with van der Waals surface area (Å²) in [4.78, 5) is 13.7. The molecule has 132 valence electrons. The third-order valence-electron chi connectivity index (χ3n) is 5.55. The Balaban J connectivity index is 1.38. The van der Waals surface area contributed by atoms with Crippen molar-refractivity contribution in [3.05, 3.63) is 18.1 Å².